The van der Waals surface area contributed by atoms with Crippen LogP contribution < -0.4 is 5.32 Å². The maximum Gasteiger partial charge on any atom is 0.328 e. The monoisotopic (exact) mass is 403 g/mol. The highest BCUT2D eigenvalue weighted by Gasteiger charge is 2.61. The van der Waals surface area contributed by atoms with E-state index in [4.69, 9.17) is 38.2 Å². The molecule has 26 heavy (non-hydrogen) atoms. The van der Waals surface area contributed by atoms with E-state index in [0.717, 1.165) is 18.5 Å². The van der Waals surface area contributed by atoms with Crippen molar-refractivity contribution in [2.45, 2.75) is 11.8 Å². The van der Waals surface area contributed by atoms with Crippen LogP contribution in [-0.2, 0) is 24.5 Å². The molecule has 1 saturated carbocycles. The summed E-state index contributed by atoms with van der Waals surface area (Å²) >= 11 is 11.9. The minimum absolute atomic E-state index is 0.207. The van der Waals surface area contributed by atoms with Crippen molar-refractivity contribution in [3.05, 3.63) is 46.0 Å². The van der Waals surface area contributed by atoms with Crippen LogP contribution in [0, 0.1) is 5.92 Å². The smallest absolute Gasteiger partial charge is 0.328 e. The number of halogens is 2. The van der Waals surface area contributed by atoms with Crippen molar-refractivity contribution >= 4 is 41.1 Å². The number of rotatable bonds is 6. The number of hydrogen-bond donors (Lipinski definition) is 3. The van der Waals surface area contributed by atoms with Crippen molar-refractivity contribution in [1.82, 2.24) is 5.32 Å². The van der Waals surface area contributed by atoms with Gasteiger partial charge >= 0.3 is 17.9 Å². The Morgan fingerprint density at radius 1 is 1.23 bits per heavy atom. The fraction of sp³-hybridized carbons (Fsp3) is 0.353. The Balaban J connectivity index is 0.000000359. The number of benzene rings is 1. The van der Waals surface area contributed by atoms with Gasteiger partial charge in [0.15, 0.2) is 0 Å². The van der Waals surface area contributed by atoms with Crippen molar-refractivity contribution in [3.63, 3.8) is 0 Å². The van der Waals surface area contributed by atoms with Crippen LogP contribution in [-0.4, -0.2) is 48.8 Å². The topological polar surface area (TPSA) is 113 Å². The molecule has 2 unspecified atom stereocenters. The summed E-state index contributed by atoms with van der Waals surface area (Å²) in [6.45, 7) is 0.773. The lowest BCUT2D eigenvalue weighted by Gasteiger charge is -2.16. The molecule has 1 fully saturated rings. The normalized spacial score (nSPS) is 20.8. The lowest BCUT2D eigenvalue weighted by Crippen LogP contribution is -2.27. The Morgan fingerprint density at radius 3 is 2.23 bits per heavy atom. The van der Waals surface area contributed by atoms with Gasteiger partial charge in [-0.25, -0.2) is 9.59 Å². The highest BCUT2D eigenvalue weighted by atomic mass is 35.5. The van der Waals surface area contributed by atoms with Crippen molar-refractivity contribution in [3.8, 4) is 0 Å². The second kappa shape index (κ2) is 9.56. The third-order valence-electron chi connectivity index (χ3n) is 3.91. The summed E-state index contributed by atoms with van der Waals surface area (Å²) in [5, 5.41) is 19.7. The van der Waals surface area contributed by atoms with Gasteiger partial charge in [-0.1, -0.05) is 29.3 Å². The van der Waals surface area contributed by atoms with Gasteiger partial charge in [-0.3, -0.25) is 4.79 Å². The van der Waals surface area contributed by atoms with Crippen LogP contribution in [0.1, 0.15) is 12.0 Å². The molecule has 0 spiro atoms. The average Bonchev–Trinajstić information content (AvgIpc) is 3.31. The molecule has 2 rings (SSSR count). The zero-order valence-electron chi connectivity index (χ0n) is 14.2. The lowest BCUT2D eigenvalue weighted by atomic mass is 9.93. The van der Waals surface area contributed by atoms with E-state index in [1.54, 1.807) is 12.1 Å². The van der Waals surface area contributed by atoms with Crippen LogP contribution in [0.2, 0.25) is 10.0 Å². The first-order valence-electron chi connectivity index (χ1n) is 7.51. The van der Waals surface area contributed by atoms with Gasteiger partial charge in [-0.05, 0) is 43.6 Å². The molecule has 0 aromatic heterocycles. The Hall–Kier alpha value is -2.09. The van der Waals surface area contributed by atoms with Crippen LogP contribution >= 0.6 is 23.2 Å². The molecule has 142 valence electrons. The van der Waals surface area contributed by atoms with E-state index in [0.29, 0.717) is 22.2 Å². The molecule has 1 aromatic carbocycles. The first kappa shape index (κ1) is 22.0. The molecular weight excluding hydrogens is 385 g/mol. The van der Waals surface area contributed by atoms with Gasteiger partial charge in [0.25, 0.3) is 0 Å². The highest BCUT2D eigenvalue weighted by molar-refractivity contribution is 6.42. The standard InChI is InChI=1S/C13H15Cl2NO2.C4H4O4/c1-16-7-9-6-13(9,12(17)18-2)8-3-4-10(14)11(15)5-8;5-3(6)1-2-4(7)8/h3-5,9,16H,6-7H2,1-2H3;1-2H,(H,5,6)(H,7,8). The number of ether oxygens (including phenoxy) is 1. The van der Waals surface area contributed by atoms with Gasteiger partial charge < -0.3 is 20.3 Å². The second-order valence-corrected chi connectivity index (χ2v) is 6.37. The summed E-state index contributed by atoms with van der Waals surface area (Å²) < 4.78 is 4.94. The van der Waals surface area contributed by atoms with Gasteiger partial charge in [0.2, 0.25) is 0 Å². The van der Waals surface area contributed by atoms with Gasteiger partial charge in [0, 0.05) is 12.2 Å². The number of nitrogens with one attached hydrogen (secondary N) is 1. The Labute approximate surface area is 160 Å². The molecule has 1 aliphatic rings. The first-order chi connectivity index (χ1) is 12.2. The summed E-state index contributed by atoms with van der Waals surface area (Å²) in [6, 6.07) is 5.33. The van der Waals surface area contributed by atoms with E-state index >= 15 is 0 Å². The zero-order chi connectivity index (χ0) is 19.9. The number of carbonyl (C=O) groups excluding carboxylic acids is 1. The second-order valence-electron chi connectivity index (χ2n) is 5.56. The van der Waals surface area contributed by atoms with Crippen LogP contribution in [0.4, 0.5) is 0 Å². The zero-order valence-corrected chi connectivity index (χ0v) is 15.7. The summed E-state index contributed by atoms with van der Waals surface area (Å²) in [7, 11) is 3.28. The highest BCUT2D eigenvalue weighted by Crippen LogP contribution is 2.55. The molecule has 0 bridgehead atoms. The predicted molar refractivity (Wildman–Crippen MR) is 96.6 cm³/mol. The fourth-order valence-electron chi connectivity index (χ4n) is 2.64. The molecular formula is C17H19Cl2NO6. The molecule has 0 aliphatic heterocycles. The largest absolute Gasteiger partial charge is 0.478 e. The Kier molecular flexibility index (Phi) is 8.08. The third-order valence-corrected chi connectivity index (χ3v) is 4.65. The van der Waals surface area contributed by atoms with Crippen LogP contribution in [0.3, 0.4) is 0 Å². The minimum Gasteiger partial charge on any atom is -0.478 e. The van der Waals surface area contributed by atoms with Gasteiger partial charge in [-0.15, -0.1) is 0 Å². The molecule has 0 saturated heterocycles. The molecule has 9 heteroatoms. The van der Waals surface area contributed by atoms with Crippen LogP contribution in [0.15, 0.2) is 30.4 Å². The summed E-state index contributed by atoms with van der Waals surface area (Å²) in [4.78, 5) is 31.2. The van der Waals surface area contributed by atoms with Crippen molar-refractivity contribution in [2.24, 2.45) is 5.92 Å². The third kappa shape index (κ3) is 5.45. The molecule has 0 heterocycles. The van der Waals surface area contributed by atoms with E-state index in [1.165, 1.54) is 7.11 Å². The molecule has 3 N–H and O–H groups in total. The molecule has 1 aromatic rings. The average molecular weight is 404 g/mol. The maximum absolute atomic E-state index is 12.1. The Morgan fingerprint density at radius 2 is 1.81 bits per heavy atom. The Bertz CT molecular complexity index is 705. The lowest BCUT2D eigenvalue weighted by molar-refractivity contribution is -0.144. The van der Waals surface area contributed by atoms with E-state index in [2.05, 4.69) is 5.32 Å². The maximum atomic E-state index is 12.1. The van der Waals surface area contributed by atoms with E-state index in [-0.39, 0.29) is 11.9 Å². The molecule has 2 atom stereocenters. The van der Waals surface area contributed by atoms with E-state index < -0.39 is 17.4 Å². The molecule has 0 amide bonds. The number of methoxy groups -OCH3 is 1. The summed E-state index contributed by atoms with van der Waals surface area (Å²) in [5.74, 6) is -2.48. The molecule has 1 aliphatic carbocycles. The van der Waals surface area contributed by atoms with E-state index in [9.17, 15) is 14.4 Å². The van der Waals surface area contributed by atoms with Gasteiger partial charge in [0.05, 0.1) is 22.6 Å². The van der Waals surface area contributed by atoms with Gasteiger partial charge in [-0.2, -0.15) is 0 Å². The number of aliphatic carboxylic acids is 2. The minimum atomic E-state index is -1.26. The van der Waals surface area contributed by atoms with Crippen LogP contribution in [0.25, 0.3) is 0 Å². The number of carboxylic acids is 2. The van der Waals surface area contributed by atoms with Crippen molar-refractivity contribution in [1.29, 1.82) is 0 Å². The quantitative estimate of drug-likeness (QED) is 0.493. The molecule has 0 radical (unpaired) electrons. The summed E-state index contributed by atoms with van der Waals surface area (Å²) in [6.07, 6.45) is 1.89. The van der Waals surface area contributed by atoms with E-state index in [1.807, 2.05) is 13.1 Å². The fourth-order valence-corrected chi connectivity index (χ4v) is 2.94. The number of esters is 1. The number of hydrogen-bond acceptors (Lipinski definition) is 5. The van der Waals surface area contributed by atoms with Crippen LogP contribution in [0.5, 0.6) is 0 Å². The van der Waals surface area contributed by atoms with Crippen molar-refractivity contribution in [2.75, 3.05) is 20.7 Å². The molecule has 7 nitrogen and oxygen atoms in total. The number of carboxylic acid groups (broad SMARTS) is 2. The van der Waals surface area contributed by atoms with Crippen molar-refractivity contribution < 1.29 is 29.3 Å². The number of carbonyl (C=O) groups is 3. The predicted octanol–water partition coefficient (Wildman–Crippen LogP) is 2.36. The SMILES string of the molecule is CNCC1CC1(C(=O)OC)c1ccc(Cl)c(Cl)c1.O=C(O)C=CC(=O)O. The first-order valence-corrected chi connectivity index (χ1v) is 8.27. The summed E-state index contributed by atoms with van der Waals surface area (Å²) in [5.41, 5.74) is 0.315. The van der Waals surface area contributed by atoms with Gasteiger partial charge in [0.1, 0.15) is 0 Å².